The number of hydrogen-bond acceptors (Lipinski definition) is 3. The van der Waals surface area contributed by atoms with Gasteiger partial charge in [0.05, 0.1) is 10.4 Å². The summed E-state index contributed by atoms with van der Waals surface area (Å²) in [6.07, 6.45) is 0. The van der Waals surface area contributed by atoms with Gasteiger partial charge in [-0.3, -0.25) is 5.32 Å². The lowest BCUT2D eigenvalue weighted by atomic mass is 10.1. The molecule has 76 valence electrons. The molecule has 4 heteroatoms. The van der Waals surface area contributed by atoms with Gasteiger partial charge in [-0.1, -0.05) is 11.6 Å². The lowest BCUT2D eigenvalue weighted by Gasteiger charge is -2.22. The third-order valence-electron chi connectivity index (χ3n) is 1.88. The third kappa shape index (κ3) is 2.98. The Morgan fingerprint density at radius 2 is 2.21 bits per heavy atom. The molecule has 1 N–H and O–H groups in total. The van der Waals surface area contributed by atoms with Crippen LogP contribution >= 0.6 is 22.9 Å². The van der Waals surface area contributed by atoms with Crippen LogP contribution in [0.3, 0.4) is 0 Å². The van der Waals surface area contributed by atoms with Crippen LogP contribution in [0.25, 0.3) is 0 Å². The van der Waals surface area contributed by atoms with Crippen molar-refractivity contribution in [2.45, 2.75) is 32.4 Å². The van der Waals surface area contributed by atoms with Crippen molar-refractivity contribution >= 4 is 22.9 Å². The van der Waals surface area contributed by atoms with Crippen LogP contribution in [-0.4, -0.2) is 5.54 Å². The second kappa shape index (κ2) is 4.31. The van der Waals surface area contributed by atoms with Crippen molar-refractivity contribution in [1.29, 1.82) is 5.26 Å². The maximum Gasteiger partial charge on any atom is 0.101 e. The van der Waals surface area contributed by atoms with E-state index < -0.39 is 5.54 Å². The minimum absolute atomic E-state index is 0.155. The van der Waals surface area contributed by atoms with Gasteiger partial charge in [0.25, 0.3) is 0 Å². The molecule has 0 spiro atoms. The van der Waals surface area contributed by atoms with Crippen molar-refractivity contribution in [3.8, 4) is 6.07 Å². The molecular formula is C10H13ClN2S. The SMILES string of the molecule is CC(NC(C)(C)C#N)c1ccc(Cl)s1. The van der Waals surface area contributed by atoms with Crippen LogP contribution in [0, 0.1) is 11.3 Å². The van der Waals surface area contributed by atoms with Gasteiger partial charge in [0.15, 0.2) is 0 Å². The van der Waals surface area contributed by atoms with E-state index in [1.165, 1.54) is 0 Å². The highest BCUT2D eigenvalue weighted by Gasteiger charge is 2.20. The van der Waals surface area contributed by atoms with Crippen molar-refractivity contribution in [2.24, 2.45) is 0 Å². The van der Waals surface area contributed by atoms with E-state index in [0.717, 1.165) is 9.21 Å². The number of nitrogens with zero attached hydrogens (tertiary/aromatic N) is 1. The largest absolute Gasteiger partial charge is 0.292 e. The maximum atomic E-state index is 8.86. The first kappa shape index (κ1) is 11.5. The molecule has 0 aliphatic carbocycles. The van der Waals surface area contributed by atoms with E-state index in [0.29, 0.717) is 0 Å². The standard InChI is InChI=1S/C10H13ClN2S/c1-7(13-10(2,3)6-12)8-4-5-9(11)14-8/h4-5,7,13H,1-3H3. The van der Waals surface area contributed by atoms with Crippen molar-refractivity contribution < 1.29 is 0 Å². The van der Waals surface area contributed by atoms with E-state index in [4.69, 9.17) is 16.9 Å². The molecule has 0 radical (unpaired) electrons. The zero-order valence-electron chi connectivity index (χ0n) is 8.47. The molecule has 1 aromatic rings. The van der Waals surface area contributed by atoms with Crippen LogP contribution in [0.2, 0.25) is 4.34 Å². The van der Waals surface area contributed by atoms with Crippen molar-refractivity contribution in [1.82, 2.24) is 5.32 Å². The predicted molar refractivity (Wildman–Crippen MR) is 60.6 cm³/mol. The summed E-state index contributed by atoms with van der Waals surface area (Å²) < 4.78 is 0.781. The van der Waals surface area contributed by atoms with E-state index in [9.17, 15) is 0 Å². The lowest BCUT2D eigenvalue weighted by Crippen LogP contribution is -2.39. The summed E-state index contributed by atoms with van der Waals surface area (Å²) in [5, 5.41) is 12.1. The molecule has 1 unspecified atom stereocenters. The Hall–Kier alpha value is -0.560. The topological polar surface area (TPSA) is 35.8 Å². The average Bonchev–Trinajstić information content (AvgIpc) is 2.51. The zero-order valence-corrected chi connectivity index (χ0v) is 10.0. The van der Waals surface area contributed by atoms with Crippen molar-refractivity contribution in [3.05, 3.63) is 21.3 Å². The van der Waals surface area contributed by atoms with Crippen LogP contribution in [0.15, 0.2) is 12.1 Å². The summed E-state index contributed by atoms with van der Waals surface area (Å²) >= 11 is 7.38. The maximum absolute atomic E-state index is 8.86. The molecule has 0 aliphatic heterocycles. The highest BCUT2D eigenvalue weighted by Crippen LogP contribution is 2.27. The van der Waals surface area contributed by atoms with Gasteiger partial charge in [-0.05, 0) is 32.9 Å². The first-order chi connectivity index (χ1) is 6.44. The predicted octanol–water partition coefficient (Wildman–Crippen LogP) is 3.35. The van der Waals surface area contributed by atoms with E-state index in [-0.39, 0.29) is 6.04 Å². The summed E-state index contributed by atoms with van der Waals surface area (Å²) in [7, 11) is 0. The van der Waals surface area contributed by atoms with Crippen LogP contribution in [-0.2, 0) is 0 Å². The zero-order chi connectivity index (χ0) is 10.8. The van der Waals surface area contributed by atoms with Crippen LogP contribution in [0.4, 0.5) is 0 Å². The molecule has 1 atom stereocenters. The molecule has 0 saturated carbocycles. The Bertz CT molecular complexity index is 351. The fourth-order valence-electron chi connectivity index (χ4n) is 1.21. The molecule has 1 heterocycles. The molecule has 0 saturated heterocycles. The van der Waals surface area contributed by atoms with Gasteiger partial charge in [0, 0.05) is 10.9 Å². The smallest absolute Gasteiger partial charge is 0.101 e. The van der Waals surface area contributed by atoms with E-state index in [1.807, 2.05) is 32.9 Å². The second-order valence-corrected chi connectivity index (χ2v) is 5.49. The number of rotatable bonds is 3. The average molecular weight is 229 g/mol. The first-order valence-electron chi connectivity index (χ1n) is 4.39. The van der Waals surface area contributed by atoms with Gasteiger partial charge in [-0.15, -0.1) is 11.3 Å². The van der Waals surface area contributed by atoms with Gasteiger partial charge in [0.1, 0.15) is 5.54 Å². The molecule has 0 aliphatic rings. The van der Waals surface area contributed by atoms with E-state index in [1.54, 1.807) is 11.3 Å². The van der Waals surface area contributed by atoms with Crippen molar-refractivity contribution in [2.75, 3.05) is 0 Å². The lowest BCUT2D eigenvalue weighted by molar-refractivity contribution is 0.431. The molecule has 14 heavy (non-hydrogen) atoms. The molecule has 1 aromatic heterocycles. The Morgan fingerprint density at radius 1 is 1.57 bits per heavy atom. The normalized spacial score (nSPS) is 13.6. The minimum atomic E-state index is -0.504. The highest BCUT2D eigenvalue weighted by atomic mass is 35.5. The highest BCUT2D eigenvalue weighted by molar-refractivity contribution is 7.16. The Labute approximate surface area is 93.5 Å². The van der Waals surface area contributed by atoms with Crippen LogP contribution in [0.1, 0.15) is 31.7 Å². The summed E-state index contributed by atoms with van der Waals surface area (Å²) in [6.45, 7) is 5.75. The van der Waals surface area contributed by atoms with Gasteiger partial charge >= 0.3 is 0 Å². The Balaban J connectivity index is 2.69. The van der Waals surface area contributed by atoms with Crippen molar-refractivity contribution in [3.63, 3.8) is 0 Å². The number of hydrogen-bond donors (Lipinski definition) is 1. The third-order valence-corrected chi connectivity index (χ3v) is 3.29. The van der Waals surface area contributed by atoms with Gasteiger partial charge in [-0.25, -0.2) is 0 Å². The molecule has 0 aromatic carbocycles. The monoisotopic (exact) mass is 228 g/mol. The summed E-state index contributed by atoms with van der Waals surface area (Å²) in [5.74, 6) is 0. The Morgan fingerprint density at radius 3 is 2.64 bits per heavy atom. The van der Waals surface area contributed by atoms with Crippen LogP contribution < -0.4 is 5.32 Å². The minimum Gasteiger partial charge on any atom is -0.292 e. The molecule has 0 fully saturated rings. The van der Waals surface area contributed by atoms with Gasteiger partial charge in [0.2, 0.25) is 0 Å². The van der Waals surface area contributed by atoms with Gasteiger partial charge in [-0.2, -0.15) is 5.26 Å². The molecule has 1 rings (SSSR count). The van der Waals surface area contributed by atoms with Crippen LogP contribution in [0.5, 0.6) is 0 Å². The quantitative estimate of drug-likeness (QED) is 0.861. The first-order valence-corrected chi connectivity index (χ1v) is 5.58. The second-order valence-electron chi connectivity index (χ2n) is 3.74. The van der Waals surface area contributed by atoms with Gasteiger partial charge < -0.3 is 0 Å². The number of halogens is 1. The van der Waals surface area contributed by atoms with E-state index >= 15 is 0 Å². The summed E-state index contributed by atoms with van der Waals surface area (Å²) in [6, 6.07) is 6.22. The summed E-state index contributed by atoms with van der Waals surface area (Å²) in [5.41, 5.74) is -0.504. The number of nitrogens with one attached hydrogen (secondary N) is 1. The van der Waals surface area contributed by atoms with E-state index in [2.05, 4.69) is 11.4 Å². The fraction of sp³-hybridized carbons (Fsp3) is 0.500. The molecule has 2 nitrogen and oxygen atoms in total. The Kier molecular flexibility index (Phi) is 3.54. The number of thiophene rings is 1. The number of nitriles is 1. The fourth-order valence-corrected chi connectivity index (χ4v) is 2.27. The molecule has 0 amide bonds. The molecular weight excluding hydrogens is 216 g/mol. The molecule has 0 bridgehead atoms. The summed E-state index contributed by atoms with van der Waals surface area (Å²) in [4.78, 5) is 1.15.